The minimum atomic E-state index is -2.45. The Morgan fingerprint density at radius 1 is 1.26 bits per heavy atom. The normalized spacial score (nSPS) is 25.1. The molecule has 27 heavy (non-hydrogen) atoms. The molecule has 2 heterocycles. The van der Waals surface area contributed by atoms with Gasteiger partial charge in [-0.25, -0.2) is 9.47 Å². The lowest BCUT2D eigenvalue weighted by Crippen LogP contribution is -2.49. The third-order valence-corrected chi connectivity index (χ3v) is 5.34. The summed E-state index contributed by atoms with van der Waals surface area (Å²) in [4.78, 5) is 16.7. The van der Waals surface area contributed by atoms with Gasteiger partial charge in [-0.3, -0.25) is 10.0 Å². The molecule has 0 radical (unpaired) electrons. The number of hydrogen-bond donors (Lipinski definition) is 2. The highest BCUT2D eigenvalue weighted by molar-refractivity contribution is 7.77. The third-order valence-electron chi connectivity index (χ3n) is 4.68. The molecule has 0 aromatic carbocycles. The van der Waals surface area contributed by atoms with Gasteiger partial charge in [0, 0.05) is 37.6 Å². The fraction of sp³-hybridized carbons (Fsp3) is 0.944. The van der Waals surface area contributed by atoms with Gasteiger partial charge in [-0.15, -0.1) is 4.33 Å². The summed E-state index contributed by atoms with van der Waals surface area (Å²) in [5.74, 6) is -0.455. The average molecular weight is 410 g/mol. The number of likely N-dealkylation sites (tertiary alicyclic amines) is 2. The predicted octanol–water partition coefficient (Wildman–Crippen LogP) is 2.91. The van der Waals surface area contributed by atoms with Crippen LogP contribution < -0.4 is 0 Å². The highest BCUT2D eigenvalue weighted by Crippen LogP contribution is 2.29. The van der Waals surface area contributed by atoms with Crippen molar-refractivity contribution < 1.29 is 23.8 Å². The van der Waals surface area contributed by atoms with Gasteiger partial charge >= 0.3 is 0 Å². The van der Waals surface area contributed by atoms with Crippen molar-refractivity contribution in [1.82, 2.24) is 14.3 Å². The molecule has 0 aromatic rings. The van der Waals surface area contributed by atoms with Gasteiger partial charge in [0.2, 0.25) is 5.91 Å². The van der Waals surface area contributed by atoms with E-state index in [1.807, 2.05) is 20.8 Å². The van der Waals surface area contributed by atoms with Gasteiger partial charge in [-0.1, -0.05) is 45.5 Å². The maximum absolute atomic E-state index is 12.5. The summed E-state index contributed by atoms with van der Waals surface area (Å²) in [5, 5.41) is 18.2. The molecule has 2 aliphatic rings. The molecule has 0 aliphatic carbocycles. The third kappa shape index (κ3) is 7.40. The van der Waals surface area contributed by atoms with Crippen molar-refractivity contribution in [3.8, 4) is 0 Å². The van der Waals surface area contributed by atoms with Crippen molar-refractivity contribution in [3.63, 3.8) is 0 Å². The van der Waals surface area contributed by atoms with Crippen LogP contribution in [0.15, 0.2) is 0 Å². The van der Waals surface area contributed by atoms with Crippen LogP contribution in [0.25, 0.3) is 0 Å². The molecule has 3 atom stereocenters. The fourth-order valence-electron chi connectivity index (χ4n) is 3.40. The van der Waals surface area contributed by atoms with Crippen molar-refractivity contribution in [3.05, 3.63) is 0 Å². The molecule has 1 amide bonds. The van der Waals surface area contributed by atoms with E-state index in [0.717, 1.165) is 25.9 Å². The maximum Gasteiger partial charge on any atom is 0.290 e. The van der Waals surface area contributed by atoms with Gasteiger partial charge in [-0.2, -0.15) is 0 Å². The van der Waals surface area contributed by atoms with Gasteiger partial charge in [-0.05, 0) is 26.7 Å². The Morgan fingerprint density at radius 3 is 2.15 bits per heavy atom. The predicted molar refractivity (Wildman–Crippen MR) is 107 cm³/mol. The quantitative estimate of drug-likeness (QED) is 0.536. The molecule has 2 rings (SSSR count). The Morgan fingerprint density at radius 2 is 1.74 bits per heavy atom. The van der Waals surface area contributed by atoms with Crippen LogP contribution in [0.5, 0.6) is 0 Å². The molecule has 0 aromatic heterocycles. The average Bonchev–Trinajstić information content (AvgIpc) is 2.97. The highest BCUT2D eigenvalue weighted by atomic mass is 32.2. The Bertz CT molecular complexity index is 445. The van der Waals surface area contributed by atoms with Crippen molar-refractivity contribution in [2.24, 2.45) is 5.92 Å². The van der Waals surface area contributed by atoms with Crippen LogP contribution in [-0.2, 0) is 20.4 Å². The van der Waals surface area contributed by atoms with E-state index in [0.29, 0.717) is 17.1 Å². The molecular formula is C18H39N3O5S. The Labute approximate surface area is 167 Å². The monoisotopic (exact) mass is 409 g/mol. The zero-order valence-corrected chi connectivity index (χ0v) is 18.7. The summed E-state index contributed by atoms with van der Waals surface area (Å²) in [6, 6.07) is -0.304. The first-order chi connectivity index (χ1) is 12.8. The summed E-state index contributed by atoms with van der Waals surface area (Å²) in [7, 11) is 0. The van der Waals surface area contributed by atoms with E-state index < -0.39 is 17.3 Å². The van der Waals surface area contributed by atoms with Gasteiger partial charge < -0.3 is 9.80 Å². The first-order valence-corrected chi connectivity index (χ1v) is 11.1. The lowest BCUT2D eigenvalue weighted by Gasteiger charge is -2.38. The Kier molecular flexibility index (Phi) is 13.3. The molecule has 3 unspecified atom stereocenters. The highest BCUT2D eigenvalue weighted by Gasteiger charge is 2.46. The lowest BCUT2D eigenvalue weighted by atomic mass is 10.0. The molecule has 2 N–H and O–H groups in total. The number of hydrogen-bond acceptors (Lipinski definition) is 6. The summed E-state index contributed by atoms with van der Waals surface area (Å²) < 4.78 is 15.2. The molecule has 0 saturated carbocycles. The van der Waals surface area contributed by atoms with E-state index >= 15 is 0 Å². The number of carbonyl (C=O) groups is 1. The zero-order chi connectivity index (χ0) is 21.1. The summed E-state index contributed by atoms with van der Waals surface area (Å²) in [5.41, 5.74) is 0. The summed E-state index contributed by atoms with van der Waals surface area (Å²) in [6.45, 7) is 16.8. The number of nitrogens with zero attached hydrogens (tertiary/aromatic N) is 3. The van der Waals surface area contributed by atoms with E-state index in [1.54, 1.807) is 4.90 Å². The second-order valence-electron chi connectivity index (χ2n) is 7.07. The van der Waals surface area contributed by atoms with Gasteiger partial charge in [0.15, 0.2) is 0 Å². The van der Waals surface area contributed by atoms with Crippen LogP contribution in [0.3, 0.4) is 0 Å². The van der Waals surface area contributed by atoms with Crippen molar-refractivity contribution >= 4 is 17.2 Å². The number of carbonyl (C=O) groups excluding carboxylic acids is 1. The van der Waals surface area contributed by atoms with Gasteiger partial charge in [0.1, 0.15) is 6.04 Å². The maximum atomic E-state index is 12.5. The topological polar surface area (TPSA) is 93.6 Å². The zero-order valence-electron chi connectivity index (χ0n) is 17.9. The number of rotatable bonds is 5. The smallest absolute Gasteiger partial charge is 0.290 e. The molecule has 0 bridgehead atoms. The molecule has 9 heteroatoms. The Balaban J connectivity index is 0.00000123. The molecule has 8 nitrogen and oxygen atoms in total. The van der Waals surface area contributed by atoms with Crippen molar-refractivity contribution in [1.29, 1.82) is 0 Å². The van der Waals surface area contributed by atoms with Gasteiger partial charge in [0.25, 0.3) is 11.3 Å². The Hall–Kier alpha value is -0.580. The van der Waals surface area contributed by atoms with Crippen LogP contribution >= 0.6 is 0 Å². The first kappa shape index (κ1) is 26.4. The molecule has 2 saturated heterocycles. The SMILES string of the molecule is CC.CC1CN(C2CCN(C(C)C)CC2)C(=O)C1N(O)S(=O)OO.CCC. The molecule has 0 spiro atoms. The van der Waals surface area contributed by atoms with Gasteiger partial charge in [0.05, 0.1) is 0 Å². The van der Waals surface area contributed by atoms with Crippen LogP contribution in [0, 0.1) is 5.92 Å². The van der Waals surface area contributed by atoms with Crippen LogP contribution in [0.4, 0.5) is 0 Å². The van der Waals surface area contributed by atoms with E-state index in [1.165, 1.54) is 6.42 Å². The molecule has 2 aliphatic heterocycles. The number of amides is 1. The number of piperidine rings is 1. The van der Waals surface area contributed by atoms with E-state index in [4.69, 9.17) is 5.26 Å². The van der Waals surface area contributed by atoms with Crippen molar-refractivity contribution in [2.45, 2.75) is 85.9 Å². The minimum Gasteiger partial charge on any atom is -0.338 e. The second-order valence-corrected chi connectivity index (χ2v) is 8.03. The standard InChI is InChI=1S/C13H25N3O5S.C3H8.C2H6/c1-9(2)14-6-4-11(5-7-14)15-8-10(3)12(13(15)17)16(18)22(20)21-19;1-3-2;1-2/h9-12,18-19H,4-8H2,1-3H3;3H2,1-2H3;1-2H3. The molecule has 2 fully saturated rings. The minimum absolute atomic E-state index is 0.145. The van der Waals surface area contributed by atoms with Crippen molar-refractivity contribution in [2.75, 3.05) is 19.6 Å². The second kappa shape index (κ2) is 13.6. The summed E-state index contributed by atoms with van der Waals surface area (Å²) in [6.07, 6.45) is 3.04. The van der Waals surface area contributed by atoms with E-state index in [9.17, 15) is 14.2 Å². The summed E-state index contributed by atoms with van der Waals surface area (Å²) >= 11 is -2.45. The van der Waals surface area contributed by atoms with Crippen LogP contribution in [0.1, 0.15) is 67.7 Å². The fourth-order valence-corrected chi connectivity index (χ4v) is 3.95. The first-order valence-electron chi connectivity index (χ1n) is 10.0. The van der Waals surface area contributed by atoms with E-state index in [-0.39, 0.29) is 17.9 Å². The largest absolute Gasteiger partial charge is 0.338 e. The molecular weight excluding hydrogens is 370 g/mol. The van der Waals surface area contributed by atoms with Crippen LogP contribution in [0.2, 0.25) is 0 Å². The lowest BCUT2D eigenvalue weighted by molar-refractivity contribution is -0.158. The number of hydroxylamine groups is 1. The van der Waals surface area contributed by atoms with E-state index in [2.05, 4.69) is 36.9 Å². The molecule has 162 valence electrons. The van der Waals surface area contributed by atoms with Crippen LogP contribution in [-0.4, -0.2) is 72.6 Å².